The van der Waals surface area contributed by atoms with Crippen molar-refractivity contribution >= 4 is 5.91 Å². The molecule has 0 fully saturated rings. The van der Waals surface area contributed by atoms with E-state index in [4.69, 9.17) is 5.73 Å². The first kappa shape index (κ1) is 10.7. The van der Waals surface area contributed by atoms with Gasteiger partial charge < -0.3 is 11.1 Å². The quantitative estimate of drug-likeness (QED) is 0.676. The molecule has 0 aliphatic carbocycles. The Morgan fingerprint density at radius 2 is 2.50 bits per heavy atom. The molecule has 3 N–H and O–H groups in total. The van der Waals surface area contributed by atoms with Crippen LogP contribution in [-0.2, 0) is 11.3 Å². The summed E-state index contributed by atoms with van der Waals surface area (Å²) in [7, 11) is 0. The van der Waals surface area contributed by atoms with E-state index in [2.05, 4.69) is 10.4 Å². The first-order chi connectivity index (χ1) is 6.63. The van der Waals surface area contributed by atoms with Gasteiger partial charge in [-0.3, -0.25) is 9.48 Å². The zero-order valence-corrected chi connectivity index (χ0v) is 8.53. The number of aryl methyl sites for hydroxylation is 1. The lowest BCUT2D eigenvalue weighted by atomic mass is 10.3. The molecule has 0 spiro atoms. The molecule has 1 heterocycles. The van der Waals surface area contributed by atoms with Gasteiger partial charge in [-0.15, -0.1) is 0 Å². The lowest BCUT2D eigenvalue weighted by Crippen LogP contribution is -2.44. The fourth-order valence-corrected chi connectivity index (χ4v) is 1.25. The van der Waals surface area contributed by atoms with Crippen LogP contribution in [0.3, 0.4) is 0 Å². The molecule has 1 atom stereocenters. The summed E-state index contributed by atoms with van der Waals surface area (Å²) < 4.78 is 1.72. The van der Waals surface area contributed by atoms with Crippen LogP contribution >= 0.6 is 0 Å². The molecule has 0 aromatic carbocycles. The Morgan fingerprint density at radius 3 is 2.93 bits per heavy atom. The third-order valence-electron chi connectivity index (χ3n) is 1.94. The second-order valence-corrected chi connectivity index (χ2v) is 3.19. The highest BCUT2D eigenvalue weighted by Crippen LogP contribution is 1.95. The van der Waals surface area contributed by atoms with Crippen LogP contribution in [0.4, 0.5) is 0 Å². The number of carbonyl (C=O) groups is 1. The number of rotatable bonds is 5. The van der Waals surface area contributed by atoms with Crippen LogP contribution in [0.2, 0.25) is 0 Å². The molecule has 0 aliphatic heterocycles. The molecular weight excluding hydrogens is 180 g/mol. The number of aromatic nitrogens is 2. The predicted octanol–water partition coefficient (Wildman–Crippen LogP) is -0.345. The smallest absolute Gasteiger partial charge is 0.236 e. The summed E-state index contributed by atoms with van der Waals surface area (Å²) in [6, 6.07) is 1.54. The minimum Gasteiger partial charge on any atom is -0.368 e. The number of hydrogen-bond donors (Lipinski definition) is 2. The Kier molecular flexibility index (Phi) is 3.64. The van der Waals surface area contributed by atoms with E-state index < -0.39 is 0 Å². The molecule has 14 heavy (non-hydrogen) atoms. The van der Waals surface area contributed by atoms with E-state index in [1.807, 2.05) is 26.1 Å². The van der Waals surface area contributed by atoms with E-state index in [9.17, 15) is 4.79 Å². The van der Waals surface area contributed by atoms with Crippen molar-refractivity contribution in [2.45, 2.75) is 26.4 Å². The standard InChI is InChI=1S/C9H16N4O/c1-3-11-8(9(10)14)6-13-5-4-7(2)12-13/h4-5,8,11H,3,6H2,1-2H3,(H2,10,14). The number of amides is 1. The summed E-state index contributed by atoms with van der Waals surface area (Å²) >= 11 is 0. The molecule has 1 unspecified atom stereocenters. The van der Waals surface area contributed by atoms with Crippen LogP contribution in [0.25, 0.3) is 0 Å². The molecule has 0 saturated heterocycles. The maximum Gasteiger partial charge on any atom is 0.236 e. The molecule has 1 amide bonds. The van der Waals surface area contributed by atoms with Crippen molar-refractivity contribution in [3.05, 3.63) is 18.0 Å². The molecule has 1 aromatic rings. The number of nitrogens with one attached hydrogen (secondary N) is 1. The van der Waals surface area contributed by atoms with Gasteiger partial charge in [-0.05, 0) is 19.5 Å². The van der Waals surface area contributed by atoms with Gasteiger partial charge in [-0.1, -0.05) is 6.92 Å². The van der Waals surface area contributed by atoms with Crippen molar-refractivity contribution in [3.63, 3.8) is 0 Å². The molecule has 0 saturated carbocycles. The van der Waals surface area contributed by atoms with Crippen molar-refractivity contribution in [1.29, 1.82) is 0 Å². The Balaban J connectivity index is 2.59. The number of likely N-dealkylation sites (N-methyl/N-ethyl adjacent to an activating group) is 1. The fraction of sp³-hybridized carbons (Fsp3) is 0.556. The average molecular weight is 196 g/mol. The van der Waals surface area contributed by atoms with E-state index in [-0.39, 0.29) is 11.9 Å². The van der Waals surface area contributed by atoms with Crippen molar-refractivity contribution in [3.8, 4) is 0 Å². The minimum absolute atomic E-state index is 0.347. The highest BCUT2D eigenvalue weighted by Gasteiger charge is 2.14. The van der Waals surface area contributed by atoms with Crippen molar-refractivity contribution in [2.24, 2.45) is 5.73 Å². The first-order valence-corrected chi connectivity index (χ1v) is 4.66. The van der Waals surface area contributed by atoms with Gasteiger partial charge in [0.25, 0.3) is 0 Å². The van der Waals surface area contributed by atoms with Crippen LogP contribution in [0.5, 0.6) is 0 Å². The van der Waals surface area contributed by atoms with E-state index in [1.165, 1.54) is 0 Å². The van der Waals surface area contributed by atoms with E-state index in [0.29, 0.717) is 13.1 Å². The number of carbonyl (C=O) groups excluding carboxylic acids is 1. The van der Waals surface area contributed by atoms with Crippen LogP contribution in [-0.4, -0.2) is 28.3 Å². The maximum atomic E-state index is 11.0. The summed E-state index contributed by atoms with van der Waals surface area (Å²) in [5.74, 6) is -0.347. The SMILES string of the molecule is CCNC(Cn1ccc(C)n1)C(N)=O. The normalized spacial score (nSPS) is 12.7. The van der Waals surface area contributed by atoms with Gasteiger partial charge in [0.15, 0.2) is 0 Å². The fourth-order valence-electron chi connectivity index (χ4n) is 1.25. The first-order valence-electron chi connectivity index (χ1n) is 4.66. The molecule has 78 valence electrons. The third kappa shape index (κ3) is 2.85. The van der Waals surface area contributed by atoms with Crippen molar-refractivity contribution < 1.29 is 4.79 Å². The Morgan fingerprint density at radius 1 is 1.79 bits per heavy atom. The second-order valence-electron chi connectivity index (χ2n) is 3.19. The zero-order chi connectivity index (χ0) is 10.6. The van der Waals surface area contributed by atoms with Gasteiger partial charge in [0.1, 0.15) is 6.04 Å². The van der Waals surface area contributed by atoms with E-state index in [1.54, 1.807) is 4.68 Å². The number of primary amides is 1. The number of hydrogen-bond acceptors (Lipinski definition) is 3. The van der Waals surface area contributed by atoms with Gasteiger partial charge in [-0.25, -0.2) is 0 Å². The largest absolute Gasteiger partial charge is 0.368 e. The summed E-state index contributed by atoms with van der Waals surface area (Å²) in [5.41, 5.74) is 6.17. The summed E-state index contributed by atoms with van der Waals surface area (Å²) in [5, 5.41) is 7.19. The van der Waals surface area contributed by atoms with E-state index in [0.717, 1.165) is 5.69 Å². The molecule has 5 nitrogen and oxygen atoms in total. The molecule has 0 aliphatic rings. The molecular formula is C9H16N4O. The van der Waals surface area contributed by atoms with Crippen LogP contribution in [0.15, 0.2) is 12.3 Å². The molecule has 0 bridgehead atoms. The van der Waals surface area contributed by atoms with Crippen molar-refractivity contribution in [1.82, 2.24) is 15.1 Å². The van der Waals surface area contributed by atoms with Crippen LogP contribution in [0, 0.1) is 6.92 Å². The summed E-state index contributed by atoms with van der Waals surface area (Å²) in [6.07, 6.45) is 1.84. The highest BCUT2D eigenvalue weighted by atomic mass is 16.1. The Bertz CT molecular complexity index is 308. The van der Waals surface area contributed by atoms with Gasteiger partial charge >= 0.3 is 0 Å². The van der Waals surface area contributed by atoms with Gasteiger partial charge in [0.2, 0.25) is 5.91 Å². The number of nitrogens with two attached hydrogens (primary N) is 1. The van der Waals surface area contributed by atoms with Gasteiger partial charge in [-0.2, -0.15) is 5.10 Å². The van der Waals surface area contributed by atoms with Gasteiger partial charge in [0, 0.05) is 6.20 Å². The highest BCUT2D eigenvalue weighted by molar-refractivity contribution is 5.79. The Hall–Kier alpha value is -1.36. The van der Waals surface area contributed by atoms with Gasteiger partial charge in [0.05, 0.1) is 12.2 Å². The third-order valence-corrected chi connectivity index (χ3v) is 1.94. The monoisotopic (exact) mass is 196 g/mol. The lowest BCUT2D eigenvalue weighted by molar-refractivity contribution is -0.120. The predicted molar refractivity (Wildman–Crippen MR) is 53.6 cm³/mol. The summed E-state index contributed by atoms with van der Waals surface area (Å²) in [4.78, 5) is 11.0. The molecule has 5 heteroatoms. The molecule has 1 aromatic heterocycles. The molecule has 0 radical (unpaired) electrons. The minimum atomic E-state index is -0.348. The average Bonchev–Trinajstić information content (AvgIpc) is 2.50. The summed E-state index contributed by atoms with van der Waals surface area (Å²) in [6.45, 7) is 5.04. The van der Waals surface area contributed by atoms with Crippen LogP contribution < -0.4 is 11.1 Å². The molecule has 1 rings (SSSR count). The topological polar surface area (TPSA) is 72.9 Å². The second kappa shape index (κ2) is 4.76. The maximum absolute atomic E-state index is 11.0. The number of nitrogens with zero attached hydrogens (tertiary/aromatic N) is 2. The van der Waals surface area contributed by atoms with E-state index >= 15 is 0 Å². The van der Waals surface area contributed by atoms with Crippen molar-refractivity contribution in [2.75, 3.05) is 6.54 Å². The Labute approximate surface area is 83.3 Å². The van der Waals surface area contributed by atoms with Crippen LogP contribution in [0.1, 0.15) is 12.6 Å². The zero-order valence-electron chi connectivity index (χ0n) is 8.53. The lowest BCUT2D eigenvalue weighted by Gasteiger charge is -2.13.